The molecule has 5 rings (SSSR count). The number of hydrogen-bond acceptors (Lipinski definition) is 8. The molecule has 1 aromatic carbocycles. The summed E-state index contributed by atoms with van der Waals surface area (Å²) in [7, 11) is 0. The summed E-state index contributed by atoms with van der Waals surface area (Å²) in [5, 5.41) is 37.1. The number of carboxylic acid groups (broad SMARTS) is 1. The third kappa shape index (κ3) is 4.25. The smallest absolute Gasteiger partial charge is 0.407 e. The van der Waals surface area contributed by atoms with Gasteiger partial charge in [0, 0.05) is 24.3 Å². The molecular formula is C21H20N8O4. The second kappa shape index (κ2) is 8.34. The average molecular weight is 448 g/mol. The monoisotopic (exact) mass is 448 g/mol. The van der Waals surface area contributed by atoms with Gasteiger partial charge in [-0.3, -0.25) is 9.48 Å². The molecule has 2 amide bonds. The Morgan fingerprint density at radius 1 is 1.30 bits per heavy atom. The van der Waals surface area contributed by atoms with Gasteiger partial charge in [-0.1, -0.05) is 11.3 Å². The van der Waals surface area contributed by atoms with Gasteiger partial charge in [-0.25, -0.2) is 4.79 Å². The lowest BCUT2D eigenvalue weighted by molar-refractivity contribution is 0.0901. The Balaban J connectivity index is 1.30. The van der Waals surface area contributed by atoms with E-state index in [2.05, 4.69) is 31.9 Å². The van der Waals surface area contributed by atoms with Crippen LogP contribution in [-0.2, 0) is 6.54 Å². The third-order valence-electron chi connectivity index (χ3n) is 5.91. The Kier molecular flexibility index (Phi) is 5.21. The Bertz CT molecular complexity index is 1230. The van der Waals surface area contributed by atoms with E-state index in [1.807, 2.05) is 6.07 Å². The second-order valence-corrected chi connectivity index (χ2v) is 8.22. The second-order valence-electron chi connectivity index (χ2n) is 8.22. The summed E-state index contributed by atoms with van der Waals surface area (Å²) in [6.07, 6.45) is 4.63. The molecule has 2 fully saturated rings. The molecule has 0 spiro atoms. The van der Waals surface area contributed by atoms with Crippen LogP contribution in [0.25, 0.3) is 11.5 Å². The summed E-state index contributed by atoms with van der Waals surface area (Å²) in [6, 6.07) is 6.67. The fourth-order valence-corrected chi connectivity index (χ4v) is 4.21. The number of aromatic nitrogens is 5. The van der Waals surface area contributed by atoms with E-state index in [0.29, 0.717) is 30.0 Å². The van der Waals surface area contributed by atoms with Crippen molar-refractivity contribution >= 4 is 12.0 Å². The van der Waals surface area contributed by atoms with E-state index in [1.165, 1.54) is 11.1 Å². The standard InChI is InChI=1S/C21H20N8O4/c22-9-12-1-4-16(13-2-3-13)17(7-12)19-25-26-20(33-19)18(30)24-14-8-15(29(10-14)21(31)32)11-28-6-5-23-27-28/h1,4-7,13-15H,2-3,8,10-11H2,(H,24,30)(H,31,32)/t14-,15+/m1/s1. The van der Waals surface area contributed by atoms with Gasteiger partial charge in [0.15, 0.2) is 0 Å². The van der Waals surface area contributed by atoms with E-state index in [0.717, 1.165) is 18.4 Å². The molecule has 1 saturated heterocycles. The molecule has 1 aliphatic carbocycles. The Hall–Kier alpha value is -4.27. The minimum absolute atomic E-state index is 0.136. The molecule has 0 radical (unpaired) electrons. The quantitative estimate of drug-likeness (QED) is 0.570. The van der Waals surface area contributed by atoms with Crippen molar-refractivity contribution in [2.24, 2.45) is 0 Å². The summed E-state index contributed by atoms with van der Waals surface area (Å²) in [6.45, 7) is 0.472. The first-order chi connectivity index (χ1) is 16.0. The van der Waals surface area contributed by atoms with Gasteiger partial charge in [-0.15, -0.1) is 15.3 Å². The van der Waals surface area contributed by atoms with Crippen molar-refractivity contribution in [1.82, 2.24) is 35.4 Å². The van der Waals surface area contributed by atoms with Crippen molar-refractivity contribution in [1.29, 1.82) is 5.26 Å². The van der Waals surface area contributed by atoms with E-state index in [4.69, 9.17) is 4.42 Å². The summed E-state index contributed by atoms with van der Waals surface area (Å²) in [4.78, 5) is 25.7. The van der Waals surface area contributed by atoms with Crippen molar-refractivity contribution in [3.8, 4) is 17.5 Å². The molecule has 2 aliphatic rings. The Morgan fingerprint density at radius 3 is 2.85 bits per heavy atom. The van der Waals surface area contributed by atoms with Crippen LogP contribution in [0.3, 0.4) is 0 Å². The molecule has 12 nitrogen and oxygen atoms in total. The number of rotatable bonds is 6. The van der Waals surface area contributed by atoms with E-state index in [9.17, 15) is 20.0 Å². The van der Waals surface area contributed by atoms with Crippen LogP contribution < -0.4 is 5.32 Å². The molecule has 3 heterocycles. The minimum atomic E-state index is -1.07. The van der Waals surface area contributed by atoms with E-state index < -0.39 is 18.0 Å². The molecule has 2 atom stereocenters. The first-order valence-electron chi connectivity index (χ1n) is 10.5. The highest BCUT2D eigenvalue weighted by Crippen LogP contribution is 2.44. The number of nitrogens with zero attached hydrogens (tertiary/aromatic N) is 7. The average Bonchev–Trinajstić information content (AvgIpc) is 3.18. The zero-order chi connectivity index (χ0) is 22.9. The van der Waals surface area contributed by atoms with Crippen molar-refractivity contribution < 1.29 is 19.1 Å². The maximum Gasteiger partial charge on any atom is 0.407 e. The molecule has 1 saturated carbocycles. The van der Waals surface area contributed by atoms with Crippen molar-refractivity contribution in [2.75, 3.05) is 6.54 Å². The van der Waals surface area contributed by atoms with E-state index in [-0.39, 0.29) is 24.4 Å². The zero-order valence-corrected chi connectivity index (χ0v) is 17.5. The van der Waals surface area contributed by atoms with Crippen LogP contribution in [0.4, 0.5) is 4.79 Å². The summed E-state index contributed by atoms with van der Waals surface area (Å²) in [5.41, 5.74) is 2.15. The topological polar surface area (TPSA) is 163 Å². The molecule has 12 heteroatoms. The number of hydrogen-bond donors (Lipinski definition) is 2. The van der Waals surface area contributed by atoms with Crippen molar-refractivity contribution in [3.05, 3.63) is 47.6 Å². The van der Waals surface area contributed by atoms with E-state index >= 15 is 0 Å². The molecular weight excluding hydrogens is 428 g/mol. The van der Waals surface area contributed by atoms with Crippen molar-refractivity contribution in [3.63, 3.8) is 0 Å². The van der Waals surface area contributed by atoms with E-state index in [1.54, 1.807) is 23.0 Å². The Labute approximate surface area is 187 Å². The highest BCUT2D eigenvalue weighted by molar-refractivity contribution is 5.90. The number of nitrogens with one attached hydrogen (secondary N) is 1. The first-order valence-corrected chi connectivity index (χ1v) is 10.5. The summed E-state index contributed by atoms with van der Waals surface area (Å²) >= 11 is 0. The summed E-state index contributed by atoms with van der Waals surface area (Å²) < 4.78 is 7.21. The fraction of sp³-hybridized carbons (Fsp3) is 0.381. The highest BCUT2D eigenvalue weighted by atomic mass is 16.4. The number of carbonyl (C=O) groups is 2. The van der Waals surface area contributed by atoms with Crippen LogP contribution in [0.1, 0.15) is 47.0 Å². The minimum Gasteiger partial charge on any atom is -0.465 e. The van der Waals surface area contributed by atoms with Crippen LogP contribution in [0.5, 0.6) is 0 Å². The van der Waals surface area contributed by atoms with Crippen LogP contribution in [0, 0.1) is 11.3 Å². The molecule has 0 unspecified atom stereocenters. The number of amides is 2. The third-order valence-corrected chi connectivity index (χ3v) is 5.91. The van der Waals surface area contributed by atoms with Crippen LogP contribution in [0.2, 0.25) is 0 Å². The SMILES string of the molecule is N#Cc1ccc(C2CC2)c(-c2nnc(C(=O)N[C@@H]3C[C@@H](Cn4ccnn4)N(C(=O)O)C3)o2)c1. The Morgan fingerprint density at radius 2 is 2.15 bits per heavy atom. The number of likely N-dealkylation sites (tertiary alicyclic amines) is 1. The number of carbonyl (C=O) groups excluding carboxylic acids is 1. The van der Waals surface area contributed by atoms with Gasteiger partial charge >= 0.3 is 17.9 Å². The molecule has 168 valence electrons. The van der Waals surface area contributed by atoms with Gasteiger partial charge in [0.25, 0.3) is 0 Å². The van der Waals surface area contributed by atoms with Gasteiger partial charge in [-0.2, -0.15) is 5.26 Å². The molecule has 33 heavy (non-hydrogen) atoms. The molecule has 0 bridgehead atoms. The lowest BCUT2D eigenvalue weighted by Gasteiger charge is -2.20. The largest absolute Gasteiger partial charge is 0.465 e. The molecule has 3 aromatic rings. The van der Waals surface area contributed by atoms with Gasteiger partial charge in [-0.05, 0) is 42.9 Å². The van der Waals surface area contributed by atoms with Gasteiger partial charge < -0.3 is 19.7 Å². The maximum absolute atomic E-state index is 12.7. The van der Waals surface area contributed by atoms with Crippen molar-refractivity contribution in [2.45, 2.75) is 43.8 Å². The molecule has 2 aromatic heterocycles. The maximum atomic E-state index is 12.7. The first kappa shape index (κ1) is 20.6. The predicted octanol–water partition coefficient (Wildman–Crippen LogP) is 1.63. The molecule has 2 N–H and O–H groups in total. The highest BCUT2D eigenvalue weighted by Gasteiger charge is 2.37. The van der Waals surface area contributed by atoms with Gasteiger partial charge in [0.1, 0.15) is 0 Å². The van der Waals surface area contributed by atoms with Gasteiger partial charge in [0.2, 0.25) is 5.89 Å². The van der Waals surface area contributed by atoms with Gasteiger partial charge in [0.05, 0.1) is 30.4 Å². The predicted molar refractivity (Wildman–Crippen MR) is 111 cm³/mol. The number of benzene rings is 1. The number of nitriles is 1. The lowest BCUT2D eigenvalue weighted by Crippen LogP contribution is -2.39. The van der Waals surface area contributed by atoms with Crippen LogP contribution in [0.15, 0.2) is 35.0 Å². The molecule has 1 aliphatic heterocycles. The van der Waals surface area contributed by atoms with Crippen LogP contribution in [-0.4, -0.2) is 65.8 Å². The summed E-state index contributed by atoms with van der Waals surface area (Å²) in [5.74, 6) is -0.216. The lowest BCUT2D eigenvalue weighted by atomic mass is 10.0. The van der Waals surface area contributed by atoms with Crippen LogP contribution >= 0.6 is 0 Å². The fourth-order valence-electron chi connectivity index (χ4n) is 4.21. The normalized spacial score (nSPS) is 19.9. The zero-order valence-electron chi connectivity index (χ0n) is 17.5.